The first-order chi connectivity index (χ1) is 7.53. The lowest BCUT2D eigenvalue weighted by molar-refractivity contribution is 0.108. The molecule has 1 saturated carbocycles. The van der Waals surface area contributed by atoms with Gasteiger partial charge in [-0.05, 0) is 25.7 Å². The van der Waals surface area contributed by atoms with Crippen LogP contribution in [0.5, 0.6) is 0 Å². The lowest BCUT2D eigenvalue weighted by atomic mass is 9.96. The molecule has 0 amide bonds. The van der Waals surface area contributed by atoms with Gasteiger partial charge in [-0.1, -0.05) is 13.8 Å². The molecular weight excluding hydrogens is 202 g/mol. The van der Waals surface area contributed by atoms with Crippen molar-refractivity contribution in [1.82, 2.24) is 14.8 Å². The zero-order chi connectivity index (χ0) is 11.8. The van der Waals surface area contributed by atoms with Crippen LogP contribution in [-0.4, -0.2) is 26.0 Å². The molecule has 0 aliphatic heterocycles. The van der Waals surface area contributed by atoms with E-state index in [-0.39, 0.29) is 11.5 Å². The molecule has 1 aromatic heterocycles. The van der Waals surface area contributed by atoms with E-state index in [1.54, 1.807) is 6.33 Å². The summed E-state index contributed by atoms with van der Waals surface area (Å²) in [4.78, 5) is 4.32. The molecule has 1 aromatic rings. The highest BCUT2D eigenvalue weighted by Gasteiger charge is 2.47. The minimum Gasteiger partial charge on any atom is -0.393 e. The Labute approximate surface area is 96.7 Å². The highest BCUT2D eigenvalue weighted by molar-refractivity contribution is 5.04. The molecule has 0 saturated heterocycles. The van der Waals surface area contributed by atoms with Crippen LogP contribution in [0.4, 0.5) is 0 Å². The minimum absolute atomic E-state index is 0.0851. The zero-order valence-electron chi connectivity index (χ0n) is 10.3. The molecule has 0 radical (unpaired) electrons. The first-order valence-corrected chi connectivity index (χ1v) is 6.08. The predicted octanol–water partition coefficient (Wildman–Crippen LogP) is 1.64. The Morgan fingerprint density at radius 2 is 2.12 bits per heavy atom. The summed E-state index contributed by atoms with van der Waals surface area (Å²) in [7, 11) is 0. The number of aliphatic hydroxyl groups is 1. The van der Waals surface area contributed by atoms with E-state index in [2.05, 4.69) is 23.9 Å². The maximum Gasteiger partial charge on any atom is 0.138 e. The Hall–Kier alpha value is -0.900. The third-order valence-electron chi connectivity index (χ3n) is 3.52. The minimum atomic E-state index is -0.239. The molecule has 0 bridgehead atoms. The maximum atomic E-state index is 9.76. The third kappa shape index (κ3) is 2.26. The topological polar surface area (TPSA) is 50.9 Å². The van der Waals surface area contributed by atoms with Gasteiger partial charge in [-0.15, -0.1) is 0 Å². The van der Waals surface area contributed by atoms with Crippen molar-refractivity contribution in [3.8, 4) is 0 Å². The number of nitrogens with zero attached hydrogens (tertiary/aromatic N) is 3. The van der Waals surface area contributed by atoms with Crippen LogP contribution >= 0.6 is 0 Å². The van der Waals surface area contributed by atoms with Crippen molar-refractivity contribution in [2.24, 2.45) is 11.3 Å². The first-order valence-electron chi connectivity index (χ1n) is 6.08. The van der Waals surface area contributed by atoms with Crippen molar-refractivity contribution >= 4 is 0 Å². The molecule has 4 heteroatoms. The van der Waals surface area contributed by atoms with E-state index in [1.807, 2.05) is 11.6 Å². The van der Waals surface area contributed by atoms with Crippen molar-refractivity contribution in [2.45, 2.75) is 52.7 Å². The van der Waals surface area contributed by atoms with Crippen LogP contribution in [0, 0.1) is 11.3 Å². The second kappa shape index (κ2) is 4.17. The molecule has 0 spiro atoms. The zero-order valence-corrected chi connectivity index (χ0v) is 10.3. The molecule has 1 atom stereocenters. The Balaban J connectivity index is 2.07. The van der Waals surface area contributed by atoms with Gasteiger partial charge in [0.1, 0.15) is 12.2 Å². The van der Waals surface area contributed by atoms with Gasteiger partial charge in [-0.3, -0.25) is 0 Å². The standard InChI is InChI=1S/C12H21N3O/c1-9(2)7-15-11(13-8-14-15)6-12(4-5-12)10(3)16/h8-10,16H,4-7H2,1-3H3. The van der Waals surface area contributed by atoms with Gasteiger partial charge in [0, 0.05) is 18.4 Å². The summed E-state index contributed by atoms with van der Waals surface area (Å²) in [6.45, 7) is 7.14. The van der Waals surface area contributed by atoms with Gasteiger partial charge in [0.2, 0.25) is 0 Å². The second-order valence-electron chi connectivity index (χ2n) is 5.47. The van der Waals surface area contributed by atoms with Crippen LogP contribution in [-0.2, 0) is 13.0 Å². The van der Waals surface area contributed by atoms with E-state index in [4.69, 9.17) is 0 Å². The van der Waals surface area contributed by atoms with E-state index in [9.17, 15) is 5.11 Å². The number of hydrogen-bond donors (Lipinski definition) is 1. The fourth-order valence-electron chi connectivity index (χ4n) is 2.14. The number of aliphatic hydroxyl groups excluding tert-OH is 1. The lowest BCUT2D eigenvalue weighted by Gasteiger charge is -2.18. The molecule has 1 fully saturated rings. The fraction of sp³-hybridized carbons (Fsp3) is 0.833. The van der Waals surface area contributed by atoms with Gasteiger partial charge >= 0.3 is 0 Å². The largest absolute Gasteiger partial charge is 0.393 e. The molecule has 0 aromatic carbocycles. The second-order valence-corrected chi connectivity index (χ2v) is 5.47. The fourth-order valence-corrected chi connectivity index (χ4v) is 2.14. The number of aromatic nitrogens is 3. The summed E-state index contributed by atoms with van der Waals surface area (Å²) in [5.74, 6) is 1.59. The highest BCUT2D eigenvalue weighted by atomic mass is 16.3. The van der Waals surface area contributed by atoms with E-state index in [1.165, 1.54) is 0 Å². The summed E-state index contributed by atoms with van der Waals surface area (Å²) < 4.78 is 1.98. The molecule has 1 unspecified atom stereocenters. The van der Waals surface area contributed by atoms with Crippen molar-refractivity contribution < 1.29 is 5.11 Å². The Bertz CT molecular complexity index is 353. The average Bonchev–Trinajstić information content (AvgIpc) is 2.85. The van der Waals surface area contributed by atoms with Crippen molar-refractivity contribution in [2.75, 3.05) is 0 Å². The Kier molecular flexibility index (Phi) is 3.02. The molecule has 2 rings (SSSR count). The number of rotatable bonds is 5. The molecule has 1 N–H and O–H groups in total. The van der Waals surface area contributed by atoms with E-state index < -0.39 is 0 Å². The van der Waals surface area contributed by atoms with Crippen LogP contribution in [0.1, 0.15) is 39.4 Å². The average molecular weight is 223 g/mol. The van der Waals surface area contributed by atoms with Gasteiger partial charge < -0.3 is 5.11 Å². The van der Waals surface area contributed by atoms with Gasteiger partial charge in [-0.25, -0.2) is 9.67 Å². The Morgan fingerprint density at radius 3 is 2.62 bits per heavy atom. The van der Waals surface area contributed by atoms with E-state index >= 15 is 0 Å². The van der Waals surface area contributed by atoms with Gasteiger partial charge in [0.25, 0.3) is 0 Å². The van der Waals surface area contributed by atoms with Crippen LogP contribution in [0.3, 0.4) is 0 Å². The highest BCUT2D eigenvalue weighted by Crippen LogP contribution is 2.50. The smallest absolute Gasteiger partial charge is 0.138 e. The first kappa shape index (κ1) is 11.6. The molecular formula is C12H21N3O. The summed E-state index contributed by atoms with van der Waals surface area (Å²) >= 11 is 0. The third-order valence-corrected chi connectivity index (χ3v) is 3.52. The van der Waals surface area contributed by atoms with Crippen LogP contribution < -0.4 is 0 Å². The van der Waals surface area contributed by atoms with Gasteiger partial charge in [0.05, 0.1) is 6.10 Å². The van der Waals surface area contributed by atoms with Crippen LogP contribution in [0.25, 0.3) is 0 Å². The monoisotopic (exact) mass is 223 g/mol. The summed E-state index contributed by atoms with van der Waals surface area (Å²) in [6, 6.07) is 0. The summed E-state index contributed by atoms with van der Waals surface area (Å²) in [6.07, 6.45) is 4.46. The number of hydrogen-bond acceptors (Lipinski definition) is 3. The molecule has 1 heterocycles. The van der Waals surface area contributed by atoms with Crippen molar-refractivity contribution in [3.05, 3.63) is 12.2 Å². The quantitative estimate of drug-likeness (QED) is 0.825. The summed E-state index contributed by atoms with van der Waals surface area (Å²) in [5, 5.41) is 14.0. The molecule has 1 aliphatic rings. The molecule has 16 heavy (non-hydrogen) atoms. The van der Waals surface area contributed by atoms with E-state index in [0.29, 0.717) is 5.92 Å². The van der Waals surface area contributed by atoms with Crippen molar-refractivity contribution in [3.63, 3.8) is 0 Å². The Morgan fingerprint density at radius 1 is 1.44 bits per heavy atom. The van der Waals surface area contributed by atoms with Gasteiger partial charge in [0.15, 0.2) is 0 Å². The normalized spacial score (nSPS) is 20.1. The SMILES string of the molecule is CC(C)Cn1ncnc1CC1(C(C)O)CC1. The van der Waals surface area contributed by atoms with E-state index in [0.717, 1.165) is 31.6 Å². The summed E-state index contributed by atoms with van der Waals surface area (Å²) in [5.41, 5.74) is 0.0851. The lowest BCUT2D eigenvalue weighted by Crippen LogP contribution is -2.23. The van der Waals surface area contributed by atoms with Crippen LogP contribution in [0.15, 0.2) is 6.33 Å². The van der Waals surface area contributed by atoms with Crippen LogP contribution in [0.2, 0.25) is 0 Å². The molecule has 1 aliphatic carbocycles. The molecule has 4 nitrogen and oxygen atoms in total. The maximum absolute atomic E-state index is 9.76. The predicted molar refractivity (Wildman–Crippen MR) is 61.9 cm³/mol. The van der Waals surface area contributed by atoms with Crippen molar-refractivity contribution in [1.29, 1.82) is 0 Å². The molecule has 90 valence electrons. The van der Waals surface area contributed by atoms with Gasteiger partial charge in [-0.2, -0.15) is 5.10 Å².